The molecule has 0 N–H and O–H groups in total. The molecular formula is C23H17FN4O. The van der Waals surface area contributed by atoms with Crippen LogP contribution in [0.15, 0.2) is 72.9 Å². The van der Waals surface area contributed by atoms with Gasteiger partial charge in [0.25, 0.3) is 5.56 Å². The van der Waals surface area contributed by atoms with Gasteiger partial charge in [-0.25, -0.2) is 14.4 Å². The second kappa shape index (κ2) is 7.59. The van der Waals surface area contributed by atoms with E-state index in [1.807, 2.05) is 6.07 Å². The molecule has 4 aromatic rings. The number of nitrogens with zero attached hydrogens (tertiary/aromatic N) is 4. The smallest absolute Gasteiger partial charge is 0.270 e. The number of hydrogen-bond acceptors (Lipinski definition) is 4. The molecule has 0 aliphatic rings. The van der Waals surface area contributed by atoms with Crippen LogP contribution in [0.2, 0.25) is 0 Å². The summed E-state index contributed by atoms with van der Waals surface area (Å²) in [5.74, 6) is -0.414. The molecular weight excluding hydrogens is 367 g/mol. The van der Waals surface area contributed by atoms with Gasteiger partial charge in [0.1, 0.15) is 11.3 Å². The largest absolute Gasteiger partial charge is 0.285 e. The SMILES string of the molecule is C=Cc1cc(-c2ccc(Cn3c(=O)cnc4cccnc43)c(F)c2)cnc1C=C. The molecule has 0 aliphatic heterocycles. The maximum Gasteiger partial charge on any atom is 0.270 e. The first-order valence-corrected chi connectivity index (χ1v) is 8.95. The van der Waals surface area contributed by atoms with Crippen LogP contribution in [0.25, 0.3) is 34.4 Å². The molecule has 142 valence electrons. The topological polar surface area (TPSA) is 60.7 Å². The van der Waals surface area contributed by atoms with E-state index < -0.39 is 5.82 Å². The Bertz CT molecular complexity index is 1310. The Hall–Kier alpha value is -3.93. The number of rotatable bonds is 5. The van der Waals surface area contributed by atoms with E-state index in [0.29, 0.717) is 22.3 Å². The molecule has 0 saturated heterocycles. The van der Waals surface area contributed by atoms with Crippen LogP contribution in [-0.4, -0.2) is 19.5 Å². The maximum atomic E-state index is 14.9. The van der Waals surface area contributed by atoms with Gasteiger partial charge in [-0.15, -0.1) is 0 Å². The van der Waals surface area contributed by atoms with E-state index in [1.165, 1.54) is 16.8 Å². The summed E-state index contributed by atoms with van der Waals surface area (Å²) in [5.41, 5.74) is 4.04. The minimum Gasteiger partial charge on any atom is -0.285 e. The number of benzene rings is 1. The fourth-order valence-corrected chi connectivity index (χ4v) is 3.16. The third-order valence-electron chi connectivity index (χ3n) is 4.68. The zero-order valence-corrected chi connectivity index (χ0v) is 15.5. The molecule has 29 heavy (non-hydrogen) atoms. The van der Waals surface area contributed by atoms with Crippen LogP contribution in [0.1, 0.15) is 16.8 Å². The number of aromatic nitrogens is 4. The standard InChI is InChI=1S/C23H17FN4O/c1-3-15-10-18(12-26-20(15)4-2)16-7-8-17(19(24)11-16)14-28-22(29)13-27-21-6-5-9-25-23(21)28/h3-13H,1-2,14H2. The average molecular weight is 384 g/mol. The van der Waals surface area contributed by atoms with E-state index in [-0.39, 0.29) is 12.1 Å². The van der Waals surface area contributed by atoms with Gasteiger partial charge in [0, 0.05) is 29.1 Å². The second-order valence-electron chi connectivity index (χ2n) is 6.44. The normalized spacial score (nSPS) is 10.8. The van der Waals surface area contributed by atoms with Crippen molar-refractivity contribution in [1.29, 1.82) is 0 Å². The Morgan fingerprint density at radius 3 is 2.62 bits per heavy atom. The van der Waals surface area contributed by atoms with Crippen LogP contribution >= 0.6 is 0 Å². The van der Waals surface area contributed by atoms with Crippen molar-refractivity contribution in [1.82, 2.24) is 19.5 Å². The van der Waals surface area contributed by atoms with Gasteiger partial charge < -0.3 is 0 Å². The summed E-state index contributed by atoms with van der Waals surface area (Å²) in [6, 6.07) is 10.3. The quantitative estimate of drug-likeness (QED) is 0.514. The summed E-state index contributed by atoms with van der Waals surface area (Å²) in [4.78, 5) is 24.9. The summed E-state index contributed by atoms with van der Waals surface area (Å²) >= 11 is 0. The highest BCUT2D eigenvalue weighted by Gasteiger charge is 2.11. The molecule has 3 heterocycles. The Kier molecular flexibility index (Phi) is 4.83. The van der Waals surface area contributed by atoms with Crippen molar-refractivity contribution in [2.24, 2.45) is 0 Å². The van der Waals surface area contributed by atoms with Crippen molar-refractivity contribution in [3.8, 4) is 11.1 Å². The number of hydrogen-bond donors (Lipinski definition) is 0. The molecule has 3 aromatic heterocycles. The van der Waals surface area contributed by atoms with E-state index in [0.717, 1.165) is 16.8 Å². The molecule has 0 spiro atoms. The number of halogens is 1. The van der Waals surface area contributed by atoms with Crippen molar-refractivity contribution < 1.29 is 4.39 Å². The summed E-state index contributed by atoms with van der Waals surface area (Å²) in [7, 11) is 0. The number of fused-ring (bicyclic) bond motifs is 1. The van der Waals surface area contributed by atoms with Crippen LogP contribution in [0.4, 0.5) is 4.39 Å². The van der Waals surface area contributed by atoms with Gasteiger partial charge in [-0.1, -0.05) is 31.4 Å². The Balaban J connectivity index is 1.72. The molecule has 0 bridgehead atoms. The van der Waals surface area contributed by atoms with E-state index in [2.05, 4.69) is 28.1 Å². The van der Waals surface area contributed by atoms with Gasteiger partial charge in [-0.2, -0.15) is 0 Å². The van der Waals surface area contributed by atoms with E-state index in [9.17, 15) is 9.18 Å². The summed E-state index contributed by atoms with van der Waals surface area (Å²) in [5, 5.41) is 0. The molecule has 4 rings (SSSR count). The highest BCUT2D eigenvalue weighted by Crippen LogP contribution is 2.25. The fraction of sp³-hybridized carbons (Fsp3) is 0.0435. The molecule has 0 unspecified atom stereocenters. The first-order valence-electron chi connectivity index (χ1n) is 8.95. The van der Waals surface area contributed by atoms with Gasteiger partial charge in [0.2, 0.25) is 0 Å². The lowest BCUT2D eigenvalue weighted by Crippen LogP contribution is -2.22. The lowest BCUT2D eigenvalue weighted by Gasteiger charge is -2.11. The monoisotopic (exact) mass is 384 g/mol. The van der Waals surface area contributed by atoms with Crippen molar-refractivity contribution >= 4 is 23.3 Å². The first-order chi connectivity index (χ1) is 14.1. The van der Waals surface area contributed by atoms with Crippen LogP contribution < -0.4 is 5.56 Å². The van der Waals surface area contributed by atoms with E-state index in [1.54, 1.807) is 48.8 Å². The molecule has 0 saturated carbocycles. The van der Waals surface area contributed by atoms with Gasteiger partial charge in [-0.05, 0) is 35.9 Å². The number of pyridine rings is 2. The van der Waals surface area contributed by atoms with Crippen molar-refractivity contribution in [2.75, 3.05) is 0 Å². The zero-order chi connectivity index (χ0) is 20.4. The van der Waals surface area contributed by atoms with Crippen LogP contribution in [0.3, 0.4) is 0 Å². The highest BCUT2D eigenvalue weighted by atomic mass is 19.1. The molecule has 0 radical (unpaired) electrons. The average Bonchev–Trinajstić information content (AvgIpc) is 2.76. The molecule has 5 nitrogen and oxygen atoms in total. The van der Waals surface area contributed by atoms with Crippen molar-refractivity contribution in [2.45, 2.75) is 6.54 Å². The van der Waals surface area contributed by atoms with Gasteiger partial charge in [0.05, 0.1) is 18.4 Å². The summed E-state index contributed by atoms with van der Waals surface area (Å²) in [6.45, 7) is 7.57. The predicted molar refractivity (Wildman–Crippen MR) is 113 cm³/mol. The second-order valence-corrected chi connectivity index (χ2v) is 6.44. The van der Waals surface area contributed by atoms with E-state index in [4.69, 9.17) is 0 Å². The highest BCUT2D eigenvalue weighted by molar-refractivity contribution is 5.71. The maximum absolute atomic E-state index is 14.9. The Morgan fingerprint density at radius 2 is 1.86 bits per heavy atom. The molecule has 0 aliphatic carbocycles. The first kappa shape index (κ1) is 18.4. The van der Waals surface area contributed by atoms with Gasteiger partial charge >= 0.3 is 0 Å². The van der Waals surface area contributed by atoms with Gasteiger partial charge in [-0.3, -0.25) is 14.3 Å². The predicted octanol–water partition coefficient (Wildman–Crippen LogP) is 4.33. The van der Waals surface area contributed by atoms with Gasteiger partial charge in [0.15, 0.2) is 5.65 Å². The van der Waals surface area contributed by atoms with Crippen LogP contribution in [0.5, 0.6) is 0 Å². The fourth-order valence-electron chi connectivity index (χ4n) is 3.16. The van der Waals surface area contributed by atoms with E-state index >= 15 is 0 Å². The molecule has 1 aromatic carbocycles. The molecule has 6 heteroatoms. The lowest BCUT2D eigenvalue weighted by atomic mass is 10.0. The van der Waals surface area contributed by atoms with Crippen LogP contribution in [-0.2, 0) is 6.54 Å². The third-order valence-corrected chi connectivity index (χ3v) is 4.68. The zero-order valence-electron chi connectivity index (χ0n) is 15.5. The molecule has 0 fully saturated rings. The third kappa shape index (κ3) is 3.48. The van der Waals surface area contributed by atoms with Crippen molar-refractivity contribution in [3.05, 3.63) is 101 Å². The molecule has 0 amide bonds. The summed E-state index contributed by atoms with van der Waals surface area (Å²) < 4.78 is 16.3. The lowest BCUT2D eigenvalue weighted by molar-refractivity contribution is 0.599. The Morgan fingerprint density at radius 1 is 1.00 bits per heavy atom. The van der Waals surface area contributed by atoms with Crippen molar-refractivity contribution in [3.63, 3.8) is 0 Å². The van der Waals surface area contributed by atoms with Crippen LogP contribution in [0, 0.1) is 5.82 Å². The minimum absolute atomic E-state index is 0.0620. The Labute approximate surface area is 166 Å². The summed E-state index contributed by atoms with van der Waals surface area (Å²) in [6.07, 6.45) is 7.81. The molecule has 0 atom stereocenters. The minimum atomic E-state index is -0.414.